The van der Waals surface area contributed by atoms with Gasteiger partial charge in [0.1, 0.15) is 11.6 Å². The normalized spacial score (nSPS) is 35.6. The fraction of sp³-hybridized carbons (Fsp3) is 0.640. The second-order valence-corrected chi connectivity index (χ2v) is 9.39. The Morgan fingerprint density at radius 2 is 1.43 bits per heavy atom. The molecule has 4 rings (SSSR count). The first-order valence-electron chi connectivity index (χ1n) is 11.2. The summed E-state index contributed by atoms with van der Waals surface area (Å²) in [6, 6.07) is 5.72. The lowest BCUT2D eigenvalue weighted by Gasteiger charge is -2.45. The van der Waals surface area contributed by atoms with Crippen LogP contribution in [0.3, 0.4) is 0 Å². The predicted octanol–water partition coefficient (Wildman–Crippen LogP) is 6.56. The number of halogens is 1. The van der Waals surface area contributed by atoms with Gasteiger partial charge in [-0.1, -0.05) is 6.08 Å². The number of esters is 1. The van der Waals surface area contributed by atoms with E-state index in [2.05, 4.69) is 12.7 Å². The van der Waals surface area contributed by atoms with Gasteiger partial charge in [-0.3, -0.25) is 4.79 Å². The maximum atomic E-state index is 13.0. The summed E-state index contributed by atoms with van der Waals surface area (Å²) in [6.07, 6.45) is 14.6. The third-order valence-corrected chi connectivity index (χ3v) is 7.83. The van der Waals surface area contributed by atoms with Crippen LogP contribution in [-0.4, -0.2) is 5.97 Å². The number of allylic oxidation sites excluding steroid dienone is 1. The van der Waals surface area contributed by atoms with E-state index in [0.29, 0.717) is 5.75 Å². The van der Waals surface area contributed by atoms with Crippen LogP contribution in [0.1, 0.15) is 64.2 Å². The number of fused-ring (bicyclic) bond motifs is 1. The molecular weight excluding hydrogens is 351 g/mol. The van der Waals surface area contributed by atoms with Crippen molar-refractivity contribution in [2.75, 3.05) is 0 Å². The van der Waals surface area contributed by atoms with Crippen LogP contribution >= 0.6 is 0 Å². The first-order valence-corrected chi connectivity index (χ1v) is 11.2. The second kappa shape index (κ2) is 8.80. The van der Waals surface area contributed by atoms with Gasteiger partial charge in [-0.2, -0.15) is 0 Å². The highest BCUT2D eigenvalue weighted by atomic mass is 19.1. The van der Waals surface area contributed by atoms with Crippen molar-refractivity contribution in [3.8, 4) is 5.75 Å². The minimum atomic E-state index is -0.312. The zero-order valence-corrected chi connectivity index (χ0v) is 16.8. The highest BCUT2D eigenvalue weighted by Gasteiger charge is 2.39. The SMILES string of the molecule is C=CC1CCC2CC(C3CCC(C(=O)Oc4ccc(F)cc4)CC3)CCC2C1. The van der Waals surface area contributed by atoms with Crippen LogP contribution in [0.15, 0.2) is 36.9 Å². The zero-order chi connectivity index (χ0) is 19.5. The number of rotatable bonds is 4. The van der Waals surface area contributed by atoms with Crippen molar-refractivity contribution in [1.29, 1.82) is 0 Å². The van der Waals surface area contributed by atoms with E-state index in [0.717, 1.165) is 55.3 Å². The number of benzene rings is 1. The smallest absolute Gasteiger partial charge is 0.314 e. The predicted molar refractivity (Wildman–Crippen MR) is 109 cm³/mol. The highest BCUT2D eigenvalue weighted by Crippen LogP contribution is 2.49. The van der Waals surface area contributed by atoms with Gasteiger partial charge in [-0.15, -0.1) is 6.58 Å². The van der Waals surface area contributed by atoms with Crippen molar-refractivity contribution in [2.45, 2.75) is 64.2 Å². The van der Waals surface area contributed by atoms with Crippen LogP contribution < -0.4 is 4.74 Å². The van der Waals surface area contributed by atoms with Crippen LogP contribution in [0.4, 0.5) is 4.39 Å². The average Bonchev–Trinajstić information content (AvgIpc) is 2.74. The topological polar surface area (TPSA) is 26.3 Å². The maximum absolute atomic E-state index is 13.0. The molecule has 3 saturated carbocycles. The lowest BCUT2D eigenvalue weighted by Crippen LogP contribution is -2.35. The van der Waals surface area contributed by atoms with Crippen molar-refractivity contribution in [2.24, 2.45) is 35.5 Å². The molecule has 0 spiro atoms. The molecule has 0 aliphatic heterocycles. The lowest BCUT2D eigenvalue weighted by atomic mass is 9.61. The van der Waals surface area contributed by atoms with Crippen molar-refractivity contribution in [1.82, 2.24) is 0 Å². The summed E-state index contributed by atoms with van der Waals surface area (Å²) in [6.45, 7) is 4.01. The van der Waals surface area contributed by atoms with Gasteiger partial charge in [0.2, 0.25) is 0 Å². The Morgan fingerprint density at radius 3 is 2.11 bits per heavy atom. The van der Waals surface area contributed by atoms with E-state index < -0.39 is 0 Å². The molecule has 1 aromatic rings. The van der Waals surface area contributed by atoms with Crippen molar-refractivity contribution in [3.05, 3.63) is 42.7 Å². The van der Waals surface area contributed by atoms with E-state index in [1.807, 2.05) is 0 Å². The van der Waals surface area contributed by atoms with Gasteiger partial charge in [0.15, 0.2) is 0 Å². The summed E-state index contributed by atoms with van der Waals surface area (Å²) >= 11 is 0. The molecule has 2 nitrogen and oxygen atoms in total. The Kier molecular flexibility index (Phi) is 6.18. The van der Waals surface area contributed by atoms with Crippen molar-refractivity contribution < 1.29 is 13.9 Å². The fourth-order valence-electron chi connectivity index (χ4n) is 6.13. The highest BCUT2D eigenvalue weighted by molar-refractivity contribution is 5.75. The summed E-state index contributed by atoms with van der Waals surface area (Å²) in [7, 11) is 0. The molecule has 0 amide bonds. The first kappa shape index (κ1) is 19.7. The minimum Gasteiger partial charge on any atom is -0.426 e. The molecular formula is C25H33FO2. The summed E-state index contributed by atoms with van der Waals surface area (Å²) in [5.41, 5.74) is 0. The Hall–Kier alpha value is -1.64. The van der Waals surface area contributed by atoms with Crippen molar-refractivity contribution >= 4 is 5.97 Å². The van der Waals surface area contributed by atoms with Crippen LogP contribution in [-0.2, 0) is 4.79 Å². The minimum absolute atomic E-state index is 0.000622. The summed E-state index contributed by atoms with van der Waals surface area (Å²) < 4.78 is 18.5. The van der Waals surface area contributed by atoms with Gasteiger partial charge in [0.05, 0.1) is 5.92 Å². The molecule has 0 heterocycles. The molecule has 3 aliphatic rings. The Labute approximate surface area is 168 Å². The lowest BCUT2D eigenvalue weighted by molar-refractivity contribution is -0.140. The van der Waals surface area contributed by atoms with Gasteiger partial charge in [-0.25, -0.2) is 4.39 Å². The van der Waals surface area contributed by atoms with Gasteiger partial charge in [0, 0.05) is 0 Å². The van der Waals surface area contributed by atoms with E-state index in [9.17, 15) is 9.18 Å². The van der Waals surface area contributed by atoms with Crippen LogP contribution in [0.5, 0.6) is 5.75 Å². The number of carbonyl (C=O) groups excluding carboxylic acids is 1. The van der Waals surface area contributed by atoms with Crippen molar-refractivity contribution in [3.63, 3.8) is 0 Å². The van der Waals surface area contributed by atoms with Gasteiger partial charge >= 0.3 is 5.97 Å². The third kappa shape index (κ3) is 4.50. The van der Waals surface area contributed by atoms with Gasteiger partial charge in [-0.05, 0) is 118 Å². The second-order valence-electron chi connectivity index (χ2n) is 9.39. The van der Waals surface area contributed by atoms with E-state index in [-0.39, 0.29) is 17.7 Å². The summed E-state index contributed by atoms with van der Waals surface area (Å²) in [4.78, 5) is 12.5. The molecule has 0 bridgehead atoms. The monoisotopic (exact) mass is 384 g/mol. The number of ether oxygens (including phenoxy) is 1. The molecule has 4 atom stereocenters. The largest absolute Gasteiger partial charge is 0.426 e. The average molecular weight is 385 g/mol. The third-order valence-electron chi connectivity index (χ3n) is 7.83. The molecule has 3 aliphatic carbocycles. The summed E-state index contributed by atoms with van der Waals surface area (Å²) in [5, 5.41) is 0. The van der Waals surface area contributed by atoms with Gasteiger partial charge in [0.25, 0.3) is 0 Å². The molecule has 152 valence electrons. The van der Waals surface area contributed by atoms with E-state index in [1.165, 1.54) is 62.8 Å². The van der Waals surface area contributed by atoms with E-state index in [1.54, 1.807) is 0 Å². The quantitative estimate of drug-likeness (QED) is 0.334. The molecule has 3 fully saturated rings. The van der Waals surface area contributed by atoms with Crippen LogP contribution in [0, 0.1) is 41.3 Å². The van der Waals surface area contributed by atoms with E-state index >= 15 is 0 Å². The number of hydrogen-bond donors (Lipinski definition) is 0. The Bertz CT molecular complexity index is 674. The molecule has 0 aromatic heterocycles. The molecule has 0 saturated heterocycles. The first-order chi connectivity index (χ1) is 13.6. The van der Waals surface area contributed by atoms with E-state index in [4.69, 9.17) is 4.74 Å². The molecule has 28 heavy (non-hydrogen) atoms. The zero-order valence-electron chi connectivity index (χ0n) is 16.8. The molecule has 4 unspecified atom stereocenters. The van der Waals surface area contributed by atoms with Crippen LogP contribution in [0.2, 0.25) is 0 Å². The Morgan fingerprint density at radius 1 is 0.857 bits per heavy atom. The maximum Gasteiger partial charge on any atom is 0.314 e. The number of carbonyl (C=O) groups is 1. The molecule has 1 aromatic carbocycles. The Balaban J connectivity index is 1.25. The standard InChI is InChI=1S/C25H33FO2/c1-2-17-3-4-22-16-21(10-9-20(22)15-17)18-5-7-19(8-6-18)25(27)28-24-13-11-23(26)12-14-24/h2,11-14,17-22H,1,3-10,15-16H2. The molecule has 3 heteroatoms. The molecule has 0 N–H and O–H groups in total. The number of hydrogen-bond acceptors (Lipinski definition) is 2. The van der Waals surface area contributed by atoms with Crippen LogP contribution in [0.25, 0.3) is 0 Å². The van der Waals surface area contributed by atoms with Gasteiger partial charge < -0.3 is 4.74 Å². The molecule has 0 radical (unpaired) electrons. The summed E-state index contributed by atoms with van der Waals surface area (Å²) in [5.74, 6) is 4.24. The fourth-order valence-corrected chi connectivity index (χ4v) is 6.13.